The Labute approximate surface area is 199 Å². The van der Waals surface area contributed by atoms with Crippen LogP contribution in [0.1, 0.15) is 89.9 Å². The Balaban J connectivity index is 4.45. The number of phosphoric acid groups is 1. The minimum Gasteiger partial charge on any atom is -0.462 e. The molecule has 0 saturated heterocycles. The van der Waals surface area contributed by atoms with Crippen molar-refractivity contribution >= 4 is 19.8 Å². The molecule has 9 nitrogen and oxygen atoms in total. The van der Waals surface area contributed by atoms with E-state index in [1.165, 1.54) is 0 Å². The molecule has 0 rings (SSSR count). The normalized spacial score (nSPS) is 13.9. The maximum absolute atomic E-state index is 12.2. The van der Waals surface area contributed by atoms with Gasteiger partial charge in [-0.05, 0) is 12.8 Å². The lowest BCUT2D eigenvalue weighted by atomic mass is 10.1. The van der Waals surface area contributed by atoms with Crippen molar-refractivity contribution in [1.29, 1.82) is 0 Å². The van der Waals surface area contributed by atoms with Gasteiger partial charge in [-0.15, -0.1) is 0 Å². The van der Waals surface area contributed by atoms with Gasteiger partial charge in [-0.25, -0.2) is 4.57 Å². The molecule has 0 aromatic heterocycles. The first-order valence-corrected chi connectivity index (χ1v) is 13.7. The molecule has 0 fully saturated rings. The monoisotopic (exact) mass is 494 g/mol. The van der Waals surface area contributed by atoms with Crippen molar-refractivity contribution in [2.24, 2.45) is 0 Å². The molecule has 196 valence electrons. The van der Waals surface area contributed by atoms with Crippen molar-refractivity contribution in [3.05, 3.63) is 13.8 Å². The Morgan fingerprint density at radius 3 is 1.85 bits per heavy atom. The number of hydrogen-bond donors (Lipinski definition) is 2. The van der Waals surface area contributed by atoms with Crippen LogP contribution in [0.4, 0.5) is 0 Å². The lowest BCUT2D eigenvalue weighted by Gasteiger charge is -2.19. The molecule has 33 heavy (non-hydrogen) atoms. The van der Waals surface area contributed by atoms with Crippen molar-refractivity contribution < 1.29 is 43.3 Å². The fraction of sp³-hybridized carbons (Fsp3) is 0.826. The number of unbranched alkanes of at least 4 members (excludes halogenated alkanes) is 10. The van der Waals surface area contributed by atoms with Gasteiger partial charge in [0.25, 0.3) is 0 Å². The summed E-state index contributed by atoms with van der Waals surface area (Å²) in [5.41, 5.74) is 3.52. The van der Waals surface area contributed by atoms with Gasteiger partial charge in [0.05, 0.1) is 13.2 Å². The van der Waals surface area contributed by atoms with Crippen molar-refractivity contribution in [3.8, 4) is 0 Å². The summed E-state index contributed by atoms with van der Waals surface area (Å²) in [6.45, 7) is 7.19. The quantitative estimate of drug-likeness (QED) is 0.0943. The molecule has 10 heteroatoms. The Bertz CT molecular complexity index is 547. The largest absolute Gasteiger partial charge is 0.472 e. The highest BCUT2D eigenvalue weighted by molar-refractivity contribution is 7.47. The molecule has 0 spiro atoms. The Morgan fingerprint density at radius 1 is 0.788 bits per heavy atom. The summed E-state index contributed by atoms with van der Waals surface area (Å²) in [4.78, 5) is 33.9. The molecule has 0 radical (unpaired) electrons. The van der Waals surface area contributed by atoms with Crippen LogP contribution in [0.5, 0.6) is 0 Å². The lowest BCUT2D eigenvalue weighted by Crippen LogP contribution is -2.52. The summed E-state index contributed by atoms with van der Waals surface area (Å²) in [5, 5.41) is 0. The SMILES string of the molecule is [CH2-]CCCCCCCCC(=O)O[C@H](COC(=O)CCCCCC[CH2-])COP(=O)(O)OCC[NH3+]. The highest BCUT2D eigenvalue weighted by Crippen LogP contribution is 2.43. The number of carbonyl (C=O) groups is 2. The molecule has 1 unspecified atom stereocenters. The van der Waals surface area contributed by atoms with E-state index < -0.39 is 32.5 Å². The third kappa shape index (κ3) is 21.3. The van der Waals surface area contributed by atoms with Crippen LogP contribution in [-0.4, -0.2) is 49.3 Å². The van der Waals surface area contributed by atoms with E-state index >= 15 is 0 Å². The van der Waals surface area contributed by atoms with Gasteiger partial charge in [0.2, 0.25) is 0 Å². The summed E-state index contributed by atoms with van der Waals surface area (Å²) in [6.07, 6.45) is 11.0. The molecule has 0 saturated carbocycles. The van der Waals surface area contributed by atoms with E-state index in [2.05, 4.69) is 19.6 Å². The van der Waals surface area contributed by atoms with E-state index in [4.69, 9.17) is 18.5 Å². The molecule has 0 aromatic carbocycles. The molecule has 0 bridgehead atoms. The number of ether oxygens (including phenoxy) is 2. The Hall–Kier alpha value is -0.990. The van der Waals surface area contributed by atoms with E-state index in [0.29, 0.717) is 19.4 Å². The number of carbonyl (C=O) groups excluding carboxylic acids is 2. The lowest BCUT2D eigenvalue weighted by molar-refractivity contribution is -0.371. The summed E-state index contributed by atoms with van der Waals surface area (Å²) < 4.78 is 32.1. The molecule has 0 aliphatic rings. The number of rotatable bonds is 23. The first kappa shape index (κ1) is 32.0. The van der Waals surface area contributed by atoms with Crippen LogP contribution >= 0.6 is 7.82 Å². The smallest absolute Gasteiger partial charge is 0.462 e. The van der Waals surface area contributed by atoms with Crippen molar-refractivity contribution in [1.82, 2.24) is 0 Å². The van der Waals surface area contributed by atoms with Crippen LogP contribution in [0.3, 0.4) is 0 Å². The molecule has 0 amide bonds. The number of phosphoric ester groups is 1. The molecular weight excluding hydrogens is 449 g/mol. The van der Waals surface area contributed by atoms with E-state index in [1.807, 2.05) is 0 Å². The van der Waals surface area contributed by atoms with Crippen LogP contribution in [0.2, 0.25) is 0 Å². The maximum atomic E-state index is 12.2. The topological polar surface area (TPSA) is 136 Å². The van der Waals surface area contributed by atoms with Gasteiger partial charge in [-0.3, -0.25) is 18.6 Å². The van der Waals surface area contributed by atoms with E-state index in [-0.39, 0.29) is 26.1 Å². The second kappa shape index (κ2) is 21.5. The van der Waals surface area contributed by atoms with E-state index in [0.717, 1.165) is 64.2 Å². The van der Waals surface area contributed by atoms with Crippen LogP contribution in [0, 0.1) is 13.8 Å². The molecule has 0 aromatic rings. The van der Waals surface area contributed by atoms with Crippen molar-refractivity contribution in [3.63, 3.8) is 0 Å². The second-order valence-corrected chi connectivity index (χ2v) is 9.44. The minimum absolute atomic E-state index is 0.0456. The third-order valence-electron chi connectivity index (χ3n) is 4.81. The van der Waals surface area contributed by atoms with Gasteiger partial charge in [-0.2, -0.15) is 12.8 Å². The van der Waals surface area contributed by atoms with Gasteiger partial charge < -0.3 is 33.9 Å². The van der Waals surface area contributed by atoms with Gasteiger partial charge in [-0.1, -0.05) is 51.4 Å². The molecule has 4 N–H and O–H groups in total. The average molecular weight is 495 g/mol. The number of esters is 2. The highest BCUT2D eigenvalue weighted by atomic mass is 31.2. The van der Waals surface area contributed by atoms with Crippen molar-refractivity contribution in [2.45, 2.75) is 96.0 Å². The van der Waals surface area contributed by atoms with Gasteiger partial charge >= 0.3 is 19.8 Å². The zero-order chi connectivity index (χ0) is 24.8. The molecule has 0 heterocycles. The first-order chi connectivity index (χ1) is 15.8. The van der Waals surface area contributed by atoms with Crippen LogP contribution in [-0.2, 0) is 32.7 Å². The minimum atomic E-state index is -4.30. The van der Waals surface area contributed by atoms with Gasteiger partial charge in [0.1, 0.15) is 13.2 Å². The highest BCUT2D eigenvalue weighted by Gasteiger charge is 2.26. The van der Waals surface area contributed by atoms with Crippen molar-refractivity contribution in [2.75, 3.05) is 26.4 Å². The number of hydrogen-bond acceptors (Lipinski definition) is 7. The second-order valence-electron chi connectivity index (χ2n) is 7.99. The van der Waals surface area contributed by atoms with E-state index in [1.54, 1.807) is 0 Å². The fourth-order valence-corrected chi connectivity index (χ4v) is 3.76. The summed E-state index contributed by atoms with van der Waals surface area (Å²) in [6, 6.07) is 0. The number of quaternary nitrogens is 1. The van der Waals surface area contributed by atoms with Crippen LogP contribution in [0.15, 0.2) is 0 Å². The maximum Gasteiger partial charge on any atom is 0.472 e. The molecular formula is C23H45NO8P-. The first-order valence-electron chi connectivity index (χ1n) is 12.2. The van der Waals surface area contributed by atoms with E-state index in [9.17, 15) is 19.0 Å². The molecule has 0 aliphatic heterocycles. The predicted octanol–water partition coefficient (Wildman–Crippen LogP) is 3.95. The average Bonchev–Trinajstić information content (AvgIpc) is 2.78. The Morgan fingerprint density at radius 2 is 1.30 bits per heavy atom. The Kier molecular flexibility index (Phi) is 20.9. The zero-order valence-electron chi connectivity index (χ0n) is 20.2. The van der Waals surface area contributed by atoms with Crippen LogP contribution in [0.25, 0.3) is 0 Å². The zero-order valence-corrected chi connectivity index (χ0v) is 21.1. The standard InChI is InChI=1S/C23H44NO8P/c1-3-5-7-9-10-12-14-16-23(26)32-21(20-31-33(27,28)30-18-17-24)19-29-22(25)15-13-11-8-6-4-2/h21H,1-20,24H2,(H,27,28)/q-2/p+1/t21-/m1/s1. The van der Waals surface area contributed by atoms with Gasteiger partial charge in [0.15, 0.2) is 6.10 Å². The summed E-state index contributed by atoms with van der Waals surface area (Å²) in [7, 11) is -4.30. The summed E-state index contributed by atoms with van der Waals surface area (Å²) in [5.74, 6) is -0.870. The van der Waals surface area contributed by atoms with Crippen LogP contribution < -0.4 is 5.73 Å². The molecule has 2 atom stereocenters. The third-order valence-corrected chi connectivity index (χ3v) is 5.80. The predicted molar refractivity (Wildman–Crippen MR) is 126 cm³/mol. The summed E-state index contributed by atoms with van der Waals surface area (Å²) >= 11 is 0. The van der Waals surface area contributed by atoms with Gasteiger partial charge in [0, 0.05) is 12.8 Å². The fourth-order valence-electron chi connectivity index (χ4n) is 2.97. The molecule has 0 aliphatic carbocycles.